The first-order valence-corrected chi connectivity index (χ1v) is 9.88. The van der Waals surface area contributed by atoms with Gasteiger partial charge in [0.2, 0.25) is 0 Å². The molecule has 0 N–H and O–H groups in total. The van der Waals surface area contributed by atoms with Crippen LogP contribution in [0.2, 0.25) is 0 Å². The summed E-state index contributed by atoms with van der Waals surface area (Å²) < 4.78 is 32.2. The number of morpholine rings is 1. The van der Waals surface area contributed by atoms with Crippen LogP contribution in [0.25, 0.3) is 0 Å². The summed E-state index contributed by atoms with van der Waals surface area (Å²) in [4.78, 5) is 2.68. The number of hydrogen-bond donors (Lipinski definition) is 0. The topological polar surface area (TPSA) is 64.4 Å². The van der Waals surface area contributed by atoms with Crippen molar-refractivity contribution in [1.29, 1.82) is 0 Å². The van der Waals surface area contributed by atoms with Gasteiger partial charge in [-0.05, 0) is 31.2 Å². The predicted molar refractivity (Wildman–Crippen MR) is 91.5 cm³/mol. The Morgan fingerprint density at radius 2 is 2.04 bits per heavy atom. The SMILES string of the molecule is O=S(=O)(CCCN1CCO[C@H](Cn2cccn2)C1)c1ccccc1. The molecule has 130 valence electrons. The number of benzene rings is 1. The van der Waals surface area contributed by atoms with Gasteiger partial charge in [0.15, 0.2) is 9.84 Å². The molecule has 1 fully saturated rings. The maximum absolute atomic E-state index is 12.3. The van der Waals surface area contributed by atoms with E-state index in [-0.39, 0.29) is 11.9 Å². The van der Waals surface area contributed by atoms with Crippen molar-refractivity contribution in [1.82, 2.24) is 14.7 Å². The molecule has 0 amide bonds. The Kier molecular flexibility index (Phi) is 5.65. The standard InChI is InChI=1S/C17H23N3O3S/c21-24(22,17-6-2-1-3-7-17)13-5-9-19-11-12-23-16(14-19)15-20-10-4-8-18-20/h1-4,6-8,10,16H,5,9,11-15H2/t16-/m0/s1. The van der Waals surface area contributed by atoms with E-state index >= 15 is 0 Å². The third-order valence-corrected chi connectivity index (χ3v) is 5.98. The smallest absolute Gasteiger partial charge is 0.178 e. The molecule has 1 aliphatic heterocycles. The molecule has 1 aromatic carbocycles. The third kappa shape index (κ3) is 4.66. The molecule has 1 saturated heterocycles. The van der Waals surface area contributed by atoms with Crippen molar-refractivity contribution in [3.05, 3.63) is 48.8 Å². The summed E-state index contributed by atoms with van der Waals surface area (Å²) in [7, 11) is -3.19. The Hall–Kier alpha value is -1.70. The zero-order valence-corrected chi connectivity index (χ0v) is 14.4. The summed E-state index contributed by atoms with van der Waals surface area (Å²) >= 11 is 0. The number of hydrogen-bond acceptors (Lipinski definition) is 5. The molecule has 6 nitrogen and oxygen atoms in total. The zero-order chi connectivity index (χ0) is 16.8. The van der Waals surface area contributed by atoms with E-state index in [0.29, 0.717) is 17.9 Å². The Balaban J connectivity index is 1.46. The van der Waals surface area contributed by atoms with E-state index in [4.69, 9.17) is 4.74 Å². The maximum atomic E-state index is 12.3. The molecule has 0 unspecified atom stereocenters. The number of rotatable bonds is 7. The summed E-state index contributed by atoms with van der Waals surface area (Å²) in [6, 6.07) is 10.6. The fourth-order valence-electron chi connectivity index (χ4n) is 2.93. The van der Waals surface area contributed by atoms with Crippen LogP contribution in [-0.4, -0.2) is 61.2 Å². The van der Waals surface area contributed by atoms with E-state index in [9.17, 15) is 8.42 Å². The van der Waals surface area contributed by atoms with Gasteiger partial charge < -0.3 is 4.74 Å². The van der Waals surface area contributed by atoms with Gasteiger partial charge in [0.05, 0.1) is 29.9 Å². The third-order valence-electron chi connectivity index (χ3n) is 4.16. The van der Waals surface area contributed by atoms with Gasteiger partial charge in [-0.1, -0.05) is 18.2 Å². The van der Waals surface area contributed by atoms with E-state index in [2.05, 4.69) is 10.00 Å². The van der Waals surface area contributed by atoms with E-state index in [1.165, 1.54) is 0 Å². The molecule has 1 atom stereocenters. The fourth-order valence-corrected chi connectivity index (χ4v) is 4.25. The highest BCUT2D eigenvalue weighted by molar-refractivity contribution is 7.91. The lowest BCUT2D eigenvalue weighted by molar-refractivity contribution is -0.0372. The second-order valence-corrected chi connectivity index (χ2v) is 8.12. The molecule has 0 aliphatic carbocycles. The minimum atomic E-state index is -3.19. The van der Waals surface area contributed by atoms with Crippen LogP contribution in [0.5, 0.6) is 0 Å². The average Bonchev–Trinajstić information content (AvgIpc) is 3.09. The second-order valence-electron chi connectivity index (χ2n) is 6.01. The lowest BCUT2D eigenvalue weighted by atomic mass is 10.2. The minimum Gasteiger partial charge on any atom is -0.374 e. The highest BCUT2D eigenvalue weighted by Crippen LogP contribution is 2.13. The number of aromatic nitrogens is 2. The lowest BCUT2D eigenvalue weighted by Gasteiger charge is -2.32. The highest BCUT2D eigenvalue weighted by atomic mass is 32.2. The summed E-state index contributed by atoms with van der Waals surface area (Å²) in [5, 5.41) is 4.20. The van der Waals surface area contributed by atoms with E-state index in [1.54, 1.807) is 30.5 Å². The fraction of sp³-hybridized carbons (Fsp3) is 0.471. The normalized spacial score (nSPS) is 19.4. The molecule has 24 heavy (non-hydrogen) atoms. The molecule has 7 heteroatoms. The highest BCUT2D eigenvalue weighted by Gasteiger charge is 2.21. The first-order chi connectivity index (χ1) is 11.6. The average molecular weight is 349 g/mol. The van der Waals surface area contributed by atoms with Crippen LogP contribution in [0.3, 0.4) is 0 Å². The summed E-state index contributed by atoms with van der Waals surface area (Å²) in [5.74, 6) is 0.179. The Bertz CT molecular complexity index is 717. The molecule has 0 bridgehead atoms. The van der Waals surface area contributed by atoms with Crippen LogP contribution in [0.4, 0.5) is 0 Å². The maximum Gasteiger partial charge on any atom is 0.178 e. The van der Waals surface area contributed by atoms with Crippen molar-refractivity contribution in [2.45, 2.75) is 24.0 Å². The van der Waals surface area contributed by atoms with Crippen molar-refractivity contribution >= 4 is 9.84 Å². The summed E-state index contributed by atoms with van der Waals surface area (Å²) in [6.07, 6.45) is 4.42. The molecule has 1 aromatic heterocycles. The summed E-state index contributed by atoms with van der Waals surface area (Å²) in [5.41, 5.74) is 0. The monoisotopic (exact) mass is 349 g/mol. The van der Waals surface area contributed by atoms with Gasteiger partial charge in [-0.25, -0.2) is 8.42 Å². The molecule has 0 radical (unpaired) electrons. The van der Waals surface area contributed by atoms with Gasteiger partial charge in [-0.15, -0.1) is 0 Å². The molecular weight excluding hydrogens is 326 g/mol. The van der Waals surface area contributed by atoms with Crippen LogP contribution in [0.1, 0.15) is 6.42 Å². The van der Waals surface area contributed by atoms with Crippen molar-refractivity contribution in [3.8, 4) is 0 Å². The van der Waals surface area contributed by atoms with Crippen molar-refractivity contribution in [3.63, 3.8) is 0 Å². The van der Waals surface area contributed by atoms with Crippen LogP contribution < -0.4 is 0 Å². The van der Waals surface area contributed by atoms with Crippen LogP contribution in [0.15, 0.2) is 53.7 Å². The molecule has 3 rings (SSSR count). The van der Waals surface area contributed by atoms with E-state index in [0.717, 1.165) is 26.2 Å². The van der Waals surface area contributed by atoms with Crippen LogP contribution >= 0.6 is 0 Å². The van der Waals surface area contributed by atoms with Gasteiger partial charge in [-0.3, -0.25) is 9.58 Å². The van der Waals surface area contributed by atoms with Crippen molar-refractivity contribution < 1.29 is 13.2 Å². The molecule has 2 heterocycles. The number of nitrogens with zero attached hydrogens (tertiary/aromatic N) is 3. The van der Waals surface area contributed by atoms with E-state index in [1.807, 2.05) is 23.0 Å². The van der Waals surface area contributed by atoms with Gasteiger partial charge in [0.25, 0.3) is 0 Å². The molecule has 0 spiro atoms. The Morgan fingerprint density at radius 3 is 2.79 bits per heavy atom. The summed E-state index contributed by atoms with van der Waals surface area (Å²) in [6.45, 7) is 3.83. The molecule has 1 aliphatic rings. The Morgan fingerprint density at radius 1 is 1.21 bits per heavy atom. The molecule has 0 saturated carbocycles. The molecule has 2 aromatic rings. The second kappa shape index (κ2) is 7.92. The van der Waals surface area contributed by atoms with E-state index < -0.39 is 9.84 Å². The predicted octanol–water partition coefficient (Wildman–Crippen LogP) is 1.45. The quantitative estimate of drug-likeness (QED) is 0.757. The number of ether oxygens (including phenoxy) is 1. The van der Waals surface area contributed by atoms with Gasteiger partial charge >= 0.3 is 0 Å². The number of sulfone groups is 1. The zero-order valence-electron chi connectivity index (χ0n) is 13.6. The minimum absolute atomic E-state index is 0.101. The van der Waals surface area contributed by atoms with Crippen molar-refractivity contribution in [2.24, 2.45) is 0 Å². The van der Waals surface area contributed by atoms with Crippen molar-refractivity contribution in [2.75, 3.05) is 32.0 Å². The van der Waals surface area contributed by atoms with Crippen LogP contribution in [0, 0.1) is 0 Å². The molecular formula is C17H23N3O3S. The largest absolute Gasteiger partial charge is 0.374 e. The Labute approximate surface area is 143 Å². The van der Waals surface area contributed by atoms with Gasteiger partial charge in [-0.2, -0.15) is 5.10 Å². The first kappa shape index (κ1) is 17.1. The van der Waals surface area contributed by atoms with Gasteiger partial charge in [0.1, 0.15) is 0 Å². The first-order valence-electron chi connectivity index (χ1n) is 8.23. The van der Waals surface area contributed by atoms with Gasteiger partial charge in [0, 0.05) is 25.5 Å². The lowest BCUT2D eigenvalue weighted by Crippen LogP contribution is -2.44. The van der Waals surface area contributed by atoms with Crippen LogP contribution in [-0.2, 0) is 21.1 Å².